The van der Waals surface area contributed by atoms with Gasteiger partial charge in [0.25, 0.3) is 0 Å². The number of rotatable bonds is 1. The van der Waals surface area contributed by atoms with Gasteiger partial charge in [0.1, 0.15) is 0 Å². The van der Waals surface area contributed by atoms with Gasteiger partial charge >= 0.3 is 0 Å². The van der Waals surface area contributed by atoms with E-state index in [0.29, 0.717) is 0 Å². The lowest BCUT2D eigenvalue weighted by Crippen LogP contribution is -2.20. The fraction of sp³-hybridized carbons (Fsp3) is 0.778. The number of hydrogen-bond donors (Lipinski definition) is 1. The van der Waals surface area contributed by atoms with Crippen LogP contribution in [0.15, 0.2) is 11.6 Å². The monoisotopic (exact) mass is 139 g/mol. The van der Waals surface area contributed by atoms with E-state index in [4.69, 9.17) is 5.73 Å². The highest BCUT2D eigenvalue weighted by atomic mass is 14.5. The molecule has 0 aliphatic heterocycles. The Kier molecular flexibility index (Phi) is 2.50. The van der Waals surface area contributed by atoms with Gasteiger partial charge in [-0.3, -0.25) is 0 Å². The predicted octanol–water partition coefficient (Wildman–Crippen LogP) is 1.94. The molecule has 1 aliphatic rings. The van der Waals surface area contributed by atoms with E-state index in [1.807, 2.05) is 0 Å². The van der Waals surface area contributed by atoms with Crippen molar-refractivity contribution in [2.24, 2.45) is 17.6 Å². The molecule has 0 aromatic rings. The largest absolute Gasteiger partial charge is 0.330 e. The first-order chi connectivity index (χ1) is 4.72. The summed E-state index contributed by atoms with van der Waals surface area (Å²) in [7, 11) is 0. The highest BCUT2D eigenvalue weighted by Crippen LogP contribution is 2.26. The molecule has 2 unspecified atom stereocenters. The maximum Gasteiger partial charge on any atom is -0.00456 e. The van der Waals surface area contributed by atoms with Crippen molar-refractivity contribution in [2.75, 3.05) is 6.54 Å². The number of hydrogen-bond acceptors (Lipinski definition) is 1. The van der Waals surface area contributed by atoms with E-state index in [1.165, 1.54) is 18.4 Å². The van der Waals surface area contributed by atoms with Gasteiger partial charge in [-0.2, -0.15) is 0 Å². The molecule has 0 radical (unpaired) electrons. The Bertz CT molecular complexity index is 138. The summed E-state index contributed by atoms with van der Waals surface area (Å²) in [4.78, 5) is 0. The van der Waals surface area contributed by atoms with Gasteiger partial charge in [0, 0.05) is 0 Å². The molecule has 10 heavy (non-hydrogen) atoms. The van der Waals surface area contributed by atoms with Gasteiger partial charge in [-0.25, -0.2) is 0 Å². The number of nitrogens with two attached hydrogens (primary N) is 1. The summed E-state index contributed by atoms with van der Waals surface area (Å²) >= 11 is 0. The molecule has 0 heterocycles. The minimum atomic E-state index is 0.750. The van der Waals surface area contributed by atoms with Crippen LogP contribution >= 0.6 is 0 Å². The maximum atomic E-state index is 5.60. The van der Waals surface area contributed by atoms with Gasteiger partial charge in [0.05, 0.1) is 0 Å². The van der Waals surface area contributed by atoms with E-state index < -0.39 is 0 Å². The van der Waals surface area contributed by atoms with E-state index in [9.17, 15) is 0 Å². The Morgan fingerprint density at radius 3 is 2.90 bits per heavy atom. The average Bonchev–Trinajstić information content (AvgIpc) is 1.85. The molecule has 1 rings (SSSR count). The molecule has 2 atom stereocenters. The van der Waals surface area contributed by atoms with Crippen LogP contribution in [0.5, 0.6) is 0 Å². The lowest BCUT2D eigenvalue weighted by atomic mass is 9.84. The Hall–Kier alpha value is -0.300. The predicted molar refractivity (Wildman–Crippen MR) is 44.7 cm³/mol. The second-order valence-corrected chi connectivity index (χ2v) is 3.53. The standard InChI is InChI=1S/C9H17N/c1-7-3-8(2)5-9(4-7)6-10/h3,7,9H,4-6,10H2,1-2H3. The summed E-state index contributed by atoms with van der Waals surface area (Å²) in [5.41, 5.74) is 7.12. The first kappa shape index (κ1) is 7.80. The molecule has 1 nitrogen and oxygen atoms in total. The van der Waals surface area contributed by atoms with Gasteiger partial charge in [-0.05, 0) is 38.1 Å². The molecule has 0 fully saturated rings. The molecule has 0 aromatic carbocycles. The van der Waals surface area contributed by atoms with Crippen molar-refractivity contribution in [3.63, 3.8) is 0 Å². The summed E-state index contributed by atoms with van der Waals surface area (Å²) in [6.07, 6.45) is 4.88. The third kappa shape index (κ3) is 1.84. The zero-order valence-corrected chi connectivity index (χ0v) is 6.93. The van der Waals surface area contributed by atoms with E-state index in [2.05, 4.69) is 19.9 Å². The normalized spacial score (nSPS) is 33.7. The Balaban J connectivity index is 2.52. The van der Waals surface area contributed by atoms with Gasteiger partial charge < -0.3 is 5.73 Å². The fourth-order valence-electron chi connectivity index (χ4n) is 1.87. The molecule has 0 spiro atoms. The molecule has 0 amide bonds. The first-order valence-corrected chi connectivity index (χ1v) is 4.09. The Morgan fingerprint density at radius 2 is 2.40 bits per heavy atom. The van der Waals surface area contributed by atoms with Crippen molar-refractivity contribution in [3.8, 4) is 0 Å². The average molecular weight is 139 g/mol. The van der Waals surface area contributed by atoms with Crippen LogP contribution < -0.4 is 5.73 Å². The van der Waals surface area contributed by atoms with Gasteiger partial charge in [-0.1, -0.05) is 18.6 Å². The van der Waals surface area contributed by atoms with E-state index >= 15 is 0 Å². The van der Waals surface area contributed by atoms with Crippen LogP contribution in [0, 0.1) is 11.8 Å². The molecule has 0 saturated carbocycles. The molecule has 58 valence electrons. The van der Waals surface area contributed by atoms with E-state index in [-0.39, 0.29) is 0 Å². The summed E-state index contributed by atoms with van der Waals surface area (Å²) in [6.45, 7) is 5.33. The van der Waals surface area contributed by atoms with Crippen LogP contribution in [-0.2, 0) is 0 Å². The summed E-state index contributed by atoms with van der Waals surface area (Å²) in [6, 6.07) is 0. The summed E-state index contributed by atoms with van der Waals surface area (Å²) in [5, 5.41) is 0. The quantitative estimate of drug-likeness (QED) is 0.552. The minimum absolute atomic E-state index is 0.750. The highest BCUT2D eigenvalue weighted by molar-refractivity contribution is 5.06. The van der Waals surface area contributed by atoms with Crippen molar-refractivity contribution in [1.29, 1.82) is 0 Å². The van der Waals surface area contributed by atoms with Gasteiger partial charge in [0.2, 0.25) is 0 Å². The topological polar surface area (TPSA) is 26.0 Å². The molecule has 1 heteroatoms. The highest BCUT2D eigenvalue weighted by Gasteiger charge is 2.15. The second kappa shape index (κ2) is 3.20. The van der Waals surface area contributed by atoms with Crippen molar-refractivity contribution < 1.29 is 0 Å². The SMILES string of the molecule is CC1=CC(C)CC(CN)C1. The molecule has 0 bridgehead atoms. The zero-order chi connectivity index (χ0) is 7.56. The Morgan fingerprint density at radius 1 is 1.70 bits per heavy atom. The first-order valence-electron chi connectivity index (χ1n) is 4.09. The molecule has 2 N–H and O–H groups in total. The van der Waals surface area contributed by atoms with Crippen molar-refractivity contribution in [1.82, 2.24) is 0 Å². The summed E-state index contributed by atoms with van der Waals surface area (Å²) in [5.74, 6) is 1.50. The lowest BCUT2D eigenvalue weighted by Gasteiger charge is -2.23. The zero-order valence-electron chi connectivity index (χ0n) is 6.93. The van der Waals surface area contributed by atoms with E-state index in [1.54, 1.807) is 0 Å². The van der Waals surface area contributed by atoms with Gasteiger partial charge in [0.15, 0.2) is 0 Å². The van der Waals surface area contributed by atoms with E-state index in [0.717, 1.165) is 18.4 Å². The molecule has 0 saturated heterocycles. The van der Waals surface area contributed by atoms with Crippen LogP contribution in [0.3, 0.4) is 0 Å². The van der Waals surface area contributed by atoms with Gasteiger partial charge in [-0.15, -0.1) is 0 Å². The lowest BCUT2D eigenvalue weighted by molar-refractivity contribution is 0.412. The third-order valence-electron chi connectivity index (χ3n) is 2.22. The Labute approximate surface area is 63.3 Å². The van der Waals surface area contributed by atoms with Crippen molar-refractivity contribution in [2.45, 2.75) is 26.7 Å². The molecule has 1 aliphatic carbocycles. The smallest absolute Gasteiger partial charge is 0.00456 e. The molecular formula is C9H17N. The minimum Gasteiger partial charge on any atom is -0.330 e. The van der Waals surface area contributed by atoms with Crippen LogP contribution in [-0.4, -0.2) is 6.54 Å². The van der Waals surface area contributed by atoms with Crippen LogP contribution in [0.1, 0.15) is 26.7 Å². The summed E-state index contributed by atoms with van der Waals surface area (Å²) < 4.78 is 0. The maximum absolute atomic E-state index is 5.60. The molecule has 0 aromatic heterocycles. The third-order valence-corrected chi connectivity index (χ3v) is 2.22. The fourth-order valence-corrected chi connectivity index (χ4v) is 1.87. The van der Waals surface area contributed by atoms with Crippen LogP contribution in [0.25, 0.3) is 0 Å². The second-order valence-electron chi connectivity index (χ2n) is 3.53. The van der Waals surface area contributed by atoms with Crippen molar-refractivity contribution >= 4 is 0 Å². The molecular weight excluding hydrogens is 122 g/mol. The van der Waals surface area contributed by atoms with Crippen molar-refractivity contribution in [3.05, 3.63) is 11.6 Å². The van der Waals surface area contributed by atoms with Crippen LogP contribution in [0.2, 0.25) is 0 Å². The van der Waals surface area contributed by atoms with Crippen LogP contribution in [0.4, 0.5) is 0 Å². The number of allylic oxidation sites excluding steroid dienone is 2.